The van der Waals surface area contributed by atoms with Crippen molar-refractivity contribution in [3.8, 4) is 0 Å². The molecule has 0 radical (unpaired) electrons. The molecule has 4 aromatic rings. The number of rotatable bonds is 9. The lowest BCUT2D eigenvalue weighted by Crippen LogP contribution is -2.47. The van der Waals surface area contributed by atoms with Crippen LogP contribution in [0.3, 0.4) is 0 Å². The number of pyridine rings is 2. The third-order valence-electron chi connectivity index (χ3n) is 8.57. The van der Waals surface area contributed by atoms with E-state index in [0.29, 0.717) is 37.1 Å². The summed E-state index contributed by atoms with van der Waals surface area (Å²) in [5, 5.41) is 0.610. The average Bonchev–Trinajstić information content (AvgIpc) is 3.38. The summed E-state index contributed by atoms with van der Waals surface area (Å²) in [4.78, 5) is 49.9. The summed E-state index contributed by atoms with van der Waals surface area (Å²) in [6, 6.07) is 11.9. The van der Waals surface area contributed by atoms with Crippen LogP contribution in [0.2, 0.25) is 0 Å². The number of anilines is 2. The molecule has 9 heteroatoms. The first kappa shape index (κ1) is 30.2. The first-order valence-electron chi connectivity index (χ1n) is 14.9. The van der Waals surface area contributed by atoms with E-state index in [2.05, 4.69) is 16.0 Å². The molecule has 9 nitrogen and oxygen atoms in total. The maximum Gasteiger partial charge on any atom is 0.261 e. The summed E-state index contributed by atoms with van der Waals surface area (Å²) >= 11 is 0. The van der Waals surface area contributed by atoms with E-state index in [0.717, 1.165) is 52.5 Å². The molecule has 5 rings (SSSR count). The Morgan fingerprint density at radius 1 is 0.977 bits per heavy atom. The highest BCUT2D eigenvalue weighted by molar-refractivity contribution is 6.19. The summed E-state index contributed by atoms with van der Waals surface area (Å²) in [6.45, 7) is 14.2. The maximum atomic E-state index is 13.3. The Labute approximate surface area is 252 Å². The summed E-state index contributed by atoms with van der Waals surface area (Å²) < 4.78 is 7.53. The van der Waals surface area contributed by atoms with Crippen LogP contribution < -0.4 is 15.4 Å². The lowest BCUT2D eigenvalue weighted by Gasteiger charge is -2.27. The predicted octanol–water partition coefficient (Wildman–Crippen LogP) is 5.02. The van der Waals surface area contributed by atoms with Gasteiger partial charge in [0, 0.05) is 63.4 Å². The van der Waals surface area contributed by atoms with Gasteiger partial charge in [0.2, 0.25) is 11.8 Å². The fourth-order valence-corrected chi connectivity index (χ4v) is 5.97. The van der Waals surface area contributed by atoms with E-state index in [-0.39, 0.29) is 17.4 Å². The monoisotopic (exact) mass is 583 g/mol. The van der Waals surface area contributed by atoms with Gasteiger partial charge in [0.15, 0.2) is 0 Å². The fraction of sp³-hybridized carbons (Fsp3) is 0.412. The van der Waals surface area contributed by atoms with Crippen molar-refractivity contribution in [1.82, 2.24) is 14.5 Å². The van der Waals surface area contributed by atoms with Gasteiger partial charge < -0.3 is 18.8 Å². The number of hydrogen-bond acceptors (Lipinski definition) is 6. The highest BCUT2D eigenvalue weighted by Crippen LogP contribution is 2.38. The van der Waals surface area contributed by atoms with Gasteiger partial charge in [0.25, 0.3) is 5.56 Å². The standard InChI is InChI=1S/C34H41N5O4/c1-8-39-28-12-11-25(19-29(28)36(7)32(41)34(5,6)33(39)42)13-15-37(21-26-10-9-14-35-24(26)4)16-17-38-20-22(2)30-27(31(38)40)18-23(3)43-30/h9-12,14,18-20H,8,13,15-17,21H2,1-7H3. The third-order valence-corrected chi connectivity index (χ3v) is 8.57. The van der Waals surface area contributed by atoms with Crippen LogP contribution in [0.4, 0.5) is 11.4 Å². The van der Waals surface area contributed by atoms with Crippen molar-refractivity contribution in [2.75, 3.05) is 36.5 Å². The van der Waals surface area contributed by atoms with Crippen molar-refractivity contribution < 1.29 is 14.0 Å². The average molecular weight is 584 g/mol. The molecule has 43 heavy (non-hydrogen) atoms. The van der Waals surface area contributed by atoms with Crippen molar-refractivity contribution in [3.63, 3.8) is 0 Å². The van der Waals surface area contributed by atoms with Gasteiger partial charge >= 0.3 is 0 Å². The number of furan rings is 1. The van der Waals surface area contributed by atoms with Crippen molar-refractivity contribution >= 4 is 34.2 Å². The molecule has 3 aromatic heterocycles. The number of hydrogen-bond donors (Lipinski definition) is 0. The summed E-state index contributed by atoms with van der Waals surface area (Å²) in [6.07, 6.45) is 4.40. The minimum atomic E-state index is -1.14. The van der Waals surface area contributed by atoms with Crippen molar-refractivity contribution in [2.24, 2.45) is 5.41 Å². The van der Waals surface area contributed by atoms with Crippen LogP contribution in [-0.2, 0) is 29.1 Å². The second-order valence-corrected chi connectivity index (χ2v) is 12.0. The molecule has 226 valence electrons. The van der Waals surface area contributed by atoms with E-state index in [1.807, 2.05) is 64.2 Å². The van der Waals surface area contributed by atoms with Gasteiger partial charge in [-0.25, -0.2) is 0 Å². The van der Waals surface area contributed by atoms with E-state index >= 15 is 0 Å². The van der Waals surface area contributed by atoms with Crippen LogP contribution in [0.5, 0.6) is 0 Å². The quantitative estimate of drug-likeness (QED) is 0.257. The van der Waals surface area contributed by atoms with Gasteiger partial charge in [-0.05, 0) is 83.4 Å². The number of aromatic nitrogens is 2. The fourth-order valence-electron chi connectivity index (χ4n) is 5.97. The molecule has 1 aliphatic heterocycles. The molecule has 0 spiro atoms. The van der Waals surface area contributed by atoms with E-state index in [4.69, 9.17) is 4.42 Å². The molecule has 0 aliphatic carbocycles. The van der Waals surface area contributed by atoms with Crippen molar-refractivity contribution in [3.05, 3.63) is 87.3 Å². The Morgan fingerprint density at radius 2 is 1.74 bits per heavy atom. The number of fused-ring (bicyclic) bond motifs is 2. The molecule has 0 atom stereocenters. The van der Waals surface area contributed by atoms with E-state index in [1.165, 1.54) is 0 Å². The van der Waals surface area contributed by atoms with E-state index in [9.17, 15) is 14.4 Å². The van der Waals surface area contributed by atoms with Crippen LogP contribution in [0.25, 0.3) is 11.0 Å². The highest BCUT2D eigenvalue weighted by atomic mass is 16.3. The molecule has 2 amide bonds. The number of aryl methyl sites for hydroxylation is 3. The van der Waals surface area contributed by atoms with Gasteiger partial charge in [0.1, 0.15) is 16.8 Å². The van der Waals surface area contributed by atoms with Crippen LogP contribution in [0.15, 0.2) is 58.0 Å². The molecule has 0 saturated heterocycles. The summed E-state index contributed by atoms with van der Waals surface area (Å²) in [7, 11) is 1.74. The lowest BCUT2D eigenvalue weighted by atomic mass is 9.90. The van der Waals surface area contributed by atoms with Gasteiger partial charge in [-0.1, -0.05) is 12.1 Å². The van der Waals surface area contributed by atoms with Crippen molar-refractivity contribution in [1.29, 1.82) is 0 Å². The molecular formula is C34H41N5O4. The van der Waals surface area contributed by atoms with Crippen molar-refractivity contribution in [2.45, 2.75) is 61.1 Å². The molecule has 0 fully saturated rings. The Kier molecular flexibility index (Phi) is 8.29. The number of carbonyl (C=O) groups excluding carboxylic acids is 2. The predicted molar refractivity (Wildman–Crippen MR) is 170 cm³/mol. The van der Waals surface area contributed by atoms with Crippen LogP contribution in [0.1, 0.15) is 48.9 Å². The van der Waals surface area contributed by atoms with E-state index in [1.54, 1.807) is 41.5 Å². The van der Waals surface area contributed by atoms with Crippen LogP contribution in [-0.4, -0.2) is 52.9 Å². The summed E-state index contributed by atoms with van der Waals surface area (Å²) in [5.41, 5.74) is 5.07. The molecule has 1 aromatic carbocycles. The topological polar surface area (TPSA) is 91.9 Å². The Balaban J connectivity index is 1.40. The zero-order chi connectivity index (χ0) is 31.1. The molecule has 0 unspecified atom stereocenters. The molecular weight excluding hydrogens is 542 g/mol. The molecule has 1 aliphatic rings. The smallest absolute Gasteiger partial charge is 0.261 e. The number of carbonyl (C=O) groups is 2. The Hall–Kier alpha value is -4.24. The summed E-state index contributed by atoms with van der Waals surface area (Å²) in [5.74, 6) is 0.321. The largest absolute Gasteiger partial charge is 0.461 e. The van der Waals surface area contributed by atoms with Gasteiger partial charge in [-0.2, -0.15) is 0 Å². The second-order valence-electron chi connectivity index (χ2n) is 12.0. The first-order valence-corrected chi connectivity index (χ1v) is 14.9. The lowest BCUT2D eigenvalue weighted by molar-refractivity contribution is -0.137. The van der Waals surface area contributed by atoms with Crippen LogP contribution >= 0.6 is 0 Å². The zero-order valence-electron chi connectivity index (χ0n) is 26.2. The minimum absolute atomic E-state index is 0.0497. The highest BCUT2D eigenvalue weighted by Gasteiger charge is 2.45. The van der Waals surface area contributed by atoms with Gasteiger partial charge in [-0.3, -0.25) is 24.3 Å². The Morgan fingerprint density at radius 3 is 2.47 bits per heavy atom. The number of benzene rings is 1. The molecule has 0 N–H and O–H groups in total. The third kappa shape index (κ3) is 5.73. The first-order chi connectivity index (χ1) is 20.4. The Bertz CT molecular complexity index is 1750. The van der Waals surface area contributed by atoms with Gasteiger partial charge in [-0.15, -0.1) is 0 Å². The normalized spacial score (nSPS) is 15.0. The SMILES string of the molecule is CCN1C(=O)C(C)(C)C(=O)N(C)c2cc(CCN(CCn3cc(C)c4oc(C)cc4c3=O)Cc3cccnc3C)ccc21. The number of nitrogens with zero attached hydrogens (tertiary/aromatic N) is 5. The number of amides is 2. The minimum Gasteiger partial charge on any atom is -0.461 e. The molecule has 0 bridgehead atoms. The van der Waals surface area contributed by atoms with Crippen LogP contribution in [0, 0.1) is 26.2 Å². The second kappa shape index (κ2) is 11.8. The maximum absolute atomic E-state index is 13.3. The molecule has 4 heterocycles. The van der Waals surface area contributed by atoms with Gasteiger partial charge in [0.05, 0.1) is 16.8 Å². The molecule has 0 saturated carbocycles. The zero-order valence-corrected chi connectivity index (χ0v) is 26.2. The van der Waals surface area contributed by atoms with E-state index < -0.39 is 5.41 Å².